The lowest BCUT2D eigenvalue weighted by atomic mass is 9.92. The van der Waals surface area contributed by atoms with E-state index in [0.29, 0.717) is 11.8 Å². The molecule has 1 aliphatic heterocycles. The molecule has 0 aromatic carbocycles. The van der Waals surface area contributed by atoms with Gasteiger partial charge in [0.25, 0.3) is 0 Å². The Morgan fingerprint density at radius 2 is 2.22 bits per heavy atom. The van der Waals surface area contributed by atoms with Gasteiger partial charge in [-0.2, -0.15) is 4.98 Å². The van der Waals surface area contributed by atoms with Crippen LogP contribution in [0.15, 0.2) is 12.3 Å². The molecule has 0 radical (unpaired) electrons. The Bertz CT molecular complexity index is 381. The summed E-state index contributed by atoms with van der Waals surface area (Å²) in [6.45, 7) is 1.41. The third-order valence-electron chi connectivity index (χ3n) is 3.38. The molecule has 2 N–H and O–H groups in total. The minimum absolute atomic E-state index is 0.164. The molecular weight excluding hydrogens is 234 g/mol. The van der Waals surface area contributed by atoms with Crippen molar-refractivity contribution >= 4 is 5.95 Å². The Labute approximate surface area is 106 Å². The molecule has 0 bridgehead atoms. The molecule has 1 saturated heterocycles. The largest absolute Gasteiger partial charge is 0.481 e. The molecule has 1 fully saturated rings. The summed E-state index contributed by atoms with van der Waals surface area (Å²) in [5.41, 5.74) is 0. The monoisotopic (exact) mass is 253 g/mol. The minimum Gasteiger partial charge on any atom is -0.481 e. The van der Waals surface area contributed by atoms with E-state index in [1.165, 1.54) is 0 Å². The van der Waals surface area contributed by atoms with Gasteiger partial charge in [-0.3, -0.25) is 0 Å². The lowest BCUT2D eigenvalue weighted by Crippen LogP contribution is -2.39. The van der Waals surface area contributed by atoms with Gasteiger partial charge in [0.2, 0.25) is 11.8 Å². The van der Waals surface area contributed by atoms with Gasteiger partial charge in [-0.25, -0.2) is 4.98 Å². The van der Waals surface area contributed by atoms with Crippen LogP contribution >= 0.6 is 0 Å². The molecule has 2 heterocycles. The fraction of sp³-hybridized carbons (Fsp3) is 0.667. The molecule has 100 valence electrons. The molecule has 6 heteroatoms. The Kier molecular flexibility index (Phi) is 4.33. The summed E-state index contributed by atoms with van der Waals surface area (Å²) < 4.78 is 5.07. The molecule has 1 aromatic rings. The van der Waals surface area contributed by atoms with Gasteiger partial charge in [0, 0.05) is 25.4 Å². The predicted molar refractivity (Wildman–Crippen MR) is 66.6 cm³/mol. The van der Waals surface area contributed by atoms with Gasteiger partial charge in [-0.05, 0) is 18.8 Å². The van der Waals surface area contributed by atoms with Gasteiger partial charge in [-0.1, -0.05) is 0 Å². The standard InChI is InChI=1S/C12H19N3O3/c1-18-11-2-5-13-12(14-11)15-6-3-9(4-7-15)10(17)8-16/h2,5,9-10,16-17H,3-4,6-8H2,1H3. The van der Waals surface area contributed by atoms with Crippen LogP contribution in [0.4, 0.5) is 5.95 Å². The number of aliphatic hydroxyl groups is 2. The zero-order chi connectivity index (χ0) is 13.0. The Hall–Kier alpha value is -1.40. The number of piperidine rings is 1. The first-order valence-corrected chi connectivity index (χ1v) is 6.15. The number of ether oxygens (including phenoxy) is 1. The molecule has 1 aliphatic rings. The summed E-state index contributed by atoms with van der Waals surface area (Å²) in [5, 5.41) is 18.5. The fourth-order valence-corrected chi connectivity index (χ4v) is 2.23. The van der Waals surface area contributed by atoms with Crippen molar-refractivity contribution in [2.24, 2.45) is 5.92 Å². The van der Waals surface area contributed by atoms with Crippen LogP contribution in [0.1, 0.15) is 12.8 Å². The summed E-state index contributed by atoms with van der Waals surface area (Å²) in [4.78, 5) is 10.6. The van der Waals surface area contributed by atoms with Crippen LogP contribution in [0.2, 0.25) is 0 Å². The molecular formula is C12H19N3O3. The first-order valence-electron chi connectivity index (χ1n) is 6.15. The number of nitrogens with zero attached hydrogens (tertiary/aromatic N) is 3. The second-order valence-corrected chi connectivity index (χ2v) is 4.47. The molecule has 1 atom stereocenters. The number of aliphatic hydroxyl groups excluding tert-OH is 2. The quantitative estimate of drug-likeness (QED) is 0.789. The highest BCUT2D eigenvalue weighted by Gasteiger charge is 2.25. The normalized spacial score (nSPS) is 18.7. The average molecular weight is 253 g/mol. The smallest absolute Gasteiger partial charge is 0.228 e. The summed E-state index contributed by atoms with van der Waals surface area (Å²) in [6, 6.07) is 1.71. The topological polar surface area (TPSA) is 78.7 Å². The van der Waals surface area contributed by atoms with Crippen molar-refractivity contribution in [1.82, 2.24) is 9.97 Å². The summed E-state index contributed by atoms with van der Waals surface area (Å²) in [6.07, 6.45) is 2.74. The Morgan fingerprint density at radius 1 is 1.50 bits per heavy atom. The van der Waals surface area contributed by atoms with E-state index in [-0.39, 0.29) is 12.5 Å². The summed E-state index contributed by atoms with van der Waals surface area (Å²) >= 11 is 0. The zero-order valence-electron chi connectivity index (χ0n) is 10.5. The van der Waals surface area contributed by atoms with Crippen LogP contribution in [-0.4, -0.2) is 53.1 Å². The fourth-order valence-electron chi connectivity index (χ4n) is 2.23. The van der Waals surface area contributed by atoms with Crippen molar-refractivity contribution in [2.45, 2.75) is 18.9 Å². The van der Waals surface area contributed by atoms with Crippen molar-refractivity contribution in [1.29, 1.82) is 0 Å². The highest BCUT2D eigenvalue weighted by molar-refractivity contribution is 5.32. The minimum atomic E-state index is -0.613. The maximum absolute atomic E-state index is 9.60. The van der Waals surface area contributed by atoms with Gasteiger partial charge in [-0.15, -0.1) is 0 Å². The lowest BCUT2D eigenvalue weighted by molar-refractivity contribution is 0.0375. The Morgan fingerprint density at radius 3 is 2.83 bits per heavy atom. The van der Waals surface area contributed by atoms with Gasteiger partial charge in [0.05, 0.1) is 19.8 Å². The highest BCUT2D eigenvalue weighted by atomic mass is 16.5. The van der Waals surface area contributed by atoms with Crippen LogP contribution in [0.5, 0.6) is 5.88 Å². The van der Waals surface area contributed by atoms with Crippen molar-refractivity contribution in [2.75, 3.05) is 31.7 Å². The van der Waals surface area contributed by atoms with E-state index in [2.05, 4.69) is 14.9 Å². The molecule has 0 spiro atoms. The molecule has 1 aromatic heterocycles. The first-order chi connectivity index (χ1) is 8.74. The van der Waals surface area contributed by atoms with Gasteiger partial charge >= 0.3 is 0 Å². The van der Waals surface area contributed by atoms with Crippen LogP contribution in [0.3, 0.4) is 0 Å². The van der Waals surface area contributed by atoms with Crippen molar-refractivity contribution in [3.8, 4) is 5.88 Å². The van der Waals surface area contributed by atoms with Gasteiger partial charge in [0.15, 0.2) is 0 Å². The third-order valence-corrected chi connectivity index (χ3v) is 3.38. The third kappa shape index (κ3) is 2.88. The second-order valence-electron chi connectivity index (χ2n) is 4.47. The van der Waals surface area contributed by atoms with E-state index in [1.807, 2.05) is 0 Å². The van der Waals surface area contributed by atoms with E-state index in [9.17, 15) is 5.11 Å². The van der Waals surface area contributed by atoms with Crippen LogP contribution in [-0.2, 0) is 0 Å². The number of hydrogen-bond donors (Lipinski definition) is 2. The molecule has 1 unspecified atom stereocenters. The first kappa shape index (κ1) is 13.0. The van der Waals surface area contributed by atoms with E-state index in [1.54, 1.807) is 19.4 Å². The average Bonchev–Trinajstić information content (AvgIpc) is 2.46. The maximum Gasteiger partial charge on any atom is 0.228 e. The summed E-state index contributed by atoms with van der Waals surface area (Å²) in [7, 11) is 1.58. The Balaban J connectivity index is 1.96. The van der Waals surface area contributed by atoms with Gasteiger partial charge in [0.1, 0.15) is 0 Å². The lowest BCUT2D eigenvalue weighted by Gasteiger charge is -2.33. The molecule has 2 rings (SSSR count). The SMILES string of the molecule is COc1ccnc(N2CCC(C(O)CO)CC2)n1. The molecule has 0 saturated carbocycles. The molecule has 0 aliphatic carbocycles. The van der Waals surface area contributed by atoms with Crippen molar-refractivity contribution in [3.05, 3.63) is 12.3 Å². The van der Waals surface area contributed by atoms with Crippen molar-refractivity contribution in [3.63, 3.8) is 0 Å². The van der Waals surface area contributed by atoms with Crippen LogP contribution < -0.4 is 9.64 Å². The highest BCUT2D eigenvalue weighted by Crippen LogP contribution is 2.23. The molecule has 6 nitrogen and oxygen atoms in total. The van der Waals surface area contributed by atoms with E-state index >= 15 is 0 Å². The summed E-state index contributed by atoms with van der Waals surface area (Å²) in [5.74, 6) is 1.38. The number of rotatable bonds is 4. The van der Waals surface area contributed by atoms with E-state index in [0.717, 1.165) is 25.9 Å². The van der Waals surface area contributed by atoms with Gasteiger partial charge < -0.3 is 19.8 Å². The van der Waals surface area contributed by atoms with E-state index < -0.39 is 6.10 Å². The maximum atomic E-state index is 9.60. The zero-order valence-corrected chi connectivity index (χ0v) is 10.5. The van der Waals surface area contributed by atoms with Crippen LogP contribution in [0.25, 0.3) is 0 Å². The number of hydrogen-bond acceptors (Lipinski definition) is 6. The van der Waals surface area contributed by atoms with E-state index in [4.69, 9.17) is 9.84 Å². The number of aromatic nitrogens is 2. The molecule has 18 heavy (non-hydrogen) atoms. The number of methoxy groups -OCH3 is 1. The van der Waals surface area contributed by atoms with Crippen molar-refractivity contribution < 1.29 is 14.9 Å². The second kappa shape index (κ2) is 5.97. The number of anilines is 1. The van der Waals surface area contributed by atoms with Crippen LogP contribution in [0, 0.1) is 5.92 Å². The predicted octanol–water partition coefficient (Wildman–Crippen LogP) is 0.0548. The molecule has 0 amide bonds.